The lowest BCUT2D eigenvalue weighted by Crippen LogP contribution is -2.31. The van der Waals surface area contributed by atoms with Gasteiger partial charge in [-0.1, -0.05) is 23.8 Å². The second kappa shape index (κ2) is 8.28. The van der Waals surface area contributed by atoms with Gasteiger partial charge in [0.15, 0.2) is 0 Å². The summed E-state index contributed by atoms with van der Waals surface area (Å²) in [7, 11) is 0. The van der Waals surface area contributed by atoms with Gasteiger partial charge in [-0.05, 0) is 51.1 Å². The van der Waals surface area contributed by atoms with Crippen molar-refractivity contribution in [2.24, 2.45) is 15.7 Å². The predicted octanol–water partition coefficient (Wildman–Crippen LogP) is 4.23. The highest BCUT2D eigenvalue weighted by molar-refractivity contribution is 6.52. The Hall–Kier alpha value is -3.58. The molecular formula is C23H21ClN4O3. The lowest BCUT2D eigenvalue weighted by atomic mass is 9.76. The standard InChI is InChI=1S/C23H21ClN4O3/c1-12(2)19(23(4,11-29)18-9-14(22(30)31)7-8-26-18)21(25)27-13(3)20-16-6-5-15(24)10-17(16)28-20/h5-11H,1,25H2,2-4H3,(H,30,31)/b21-19+,27-13+. The molecule has 0 spiro atoms. The number of hydrogen-bond donors (Lipinski definition) is 2. The molecule has 1 atom stereocenters. The Morgan fingerprint density at radius 3 is 2.58 bits per heavy atom. The largest absolute Gasteiger partial charge is 0.478 e. The van der Waals surface area contributed by atoms with E-state index in [-0.39, 0.29) is 17.1 Å². The number of carboxylic acid groups (broad SMARTS) is 1. The summed E-state index contributed by atoms with van der Waals surface area (Å²) in [6.07, 6.45) is 2.01. The molecule has 1 aromatic heterocycles. The smallest absolute Gasteiger partial charge is 0.335 e. The van der Waals surface area contributed by atoms with Crippen LogP contribution in [0.2, 0.25) is 5.02 Å². The van der Waals surface area contributed by atoms with E-state index < -0.39 is 11.4 Å². The number of carbonyl (C=O) groups is 2. The highest BCUT2D eigenvalue weighted by Gasteiger charge is 2.36. The van der Waals surface area contributed by atoms with Crippen LogP contribution in [0.4, 0.5) is 5.69 Å². The van der Waals surface area contributed by atoms with Gasteiger partial charge in [-0.3, -0.25) is 4.98 Å². The SMILES string of the molecule is C=C(C)/C(=C(N)\N=C(/C)C1=Nc2cc(Cl)ccc21)C(C)(C=O)c1cc(C(=O)O)ccn1. The number of halogens is 1. The number of benzene rings is 1. The first-order valence-electron chi connectivity index (χ1n) is 9.35. The number of nitrogens with two attached hydrogens (primary N) is 1. The Balaban J connectivity index is 2.09. The molecule has 3 N–H and O–H groups in total. The maximum atomic E-state index is 12.2. The third kappa shape index (κ3) is 4.04. The minimum Gasteiger partial charge on any atom is -0.478 e. The van der Waals surface area contributed by atoms with Crippen molar-refractivity contribution in [2.45, 2.75) is 26.2 Å². The van der Waals surface area contributed by atoms with Crippen LogP contribution >= 0.6 is 11.6 Å². The predicted molar refractivity (Wildman–Crippen MR) is 121 cm³/mol. The third-order valence-electron chi connectivity index (χ3n) is 5.05. The molecule has 0 fully saturated rings. The van der Waals surface area contributed by atoms with Crippen molar-refractivity contribution in [1.29, 1.82) is 0 Å². The molecule has 1 aromatic carbocycles. The Labute approximate surface area is 184 Å². The van der Waals surface area contributed by atoms with E-state index in [0.717, 1.165) is 11.3 Å². The van der Waals surface area contributed by atoms with E-state index >= 15 is 0 Å². The molecule has 1 unspecified atom stereocenters. The Bertz CT molecular complexity index is 1210. The van der Waals surface area contributed by atoms with E-state index in [9.17, 15) is 14.7 Å². The quantitative estimate of drug-likeness (QED) is 0.382. The van der Waals surface area contributed by atoms with Gasteiger partial charge in [0.2, 0.25) is 0 Å². The first kappa shape index (κ1) is 22.1. The number of fused-ring (bicyclic) bond motifs is 1. The topological polar surface area (TPSA) is 118 Å². The highest BCUT2D eigenvalue weighted by Crippen LogP contribution is 2.36. The summed E-state index contributed by atoms with van der Waals surface area (Å²) in [5.74, 6) is -1.05. The van der Waals surface area contributed by atoms with Crippen LogP contribution in [-0.2, 0) is 10.2 Å². The molecule has 1 aliphatic rings. The lowest BCUT2D eigenvalue weighted by molar-refractivity contribution is -0.111. The second-order valence-corrected chi connectivity index (χ2v) is 7.85. The summed E-state index contributed by atoms with van der Waals surface area (Å²) < 4.78 is 0. The van der Waals surface area contributed by atoms with Crippen LogP contribution < -0.4 is 5.73 Å². The van der Waals surface area contributed by atoms with Crippen LogP contribution in [0.15, 0.2) is 70.1 Å². The monoisotopic (exact) mass is 436 g/mol. The minimum atomic E-state index is -1.35. The van der Waals surface area contributed by atoms with Crippen molar-refractivity contribution in [3.8, 4) is 0 Å². The molecular weight excluding hydrogens is 416 g/mol. The average Bonchev–Trinajstić information content (AvgIpc) is 2.69. The Morgan fingerprint density at radius 1 is 1.29 bits per heavy atom. The minimum absolute atomic E-state index is 0.0106. The van der Waals surface area contributed by atoms with Gasteiger partial charge < -0.3 is 15.6 Å². The molecule has 8 heteroatoms. The summed E-state index contributed by atoms with van der Waals surface area (Å²) in [6.45, 7) is 9.02. The number of aliphatic imine (C=N–C) groups is 2. The molecule has 0 saturated carbocycles. The Morgan fingerprint density at radius 2 is 2.00 bits per heavy atom. The van der Waals surface area contributed by atoms with Crippen molar-refractivity contribution in [3.05, 3.63) is 81.9 Å². The number of carbonyl (C=O) groups excluding carboxylic acids is 1. The van der Waals surface area contributed by atoms with E-state index in [2.05, 4.69) is 21.5 Å². The highest BCUT2D eigenvalue weighted by atomic mass is 35.5. The number of hydrogen-bond acceptors (Lipinski definition) is 6. The fourth-order valence-corrected chi connectivity index (χ4v) is 3.68. The number of allylic oxidation sites excluding steroid dienone is 2. The van der Waals surface area contributed by atoms with Gasteiger partial charge in [0, 0.05) is 22.4 Å². The molecule has 0 bridgehead atoms. The average molecular weight is 437 g/mol. The second-order valence-electron chi connectivity index (χ2n) is 7.41. The summed E-state index contributed by atoms with van der Waals surface area (Å²) in [6, 6.07) is 8.09. The van der Waals surface area contributed by atoms with Gasteiger partial charge in [-0.25, -0.2) is 14.8 Å². The zero-order valence-corrected chi connectivity index (χ0v) is 18.1. The van der Waals surface area contributed by atoms with Crippen molar-refractivity contribution < 1.29 is 14.7 Å². The third-order valence-corrected chi connectivity index (χ3v) is 5.29. The molecule has 31 heavy (non-hydrogen) atoms. The molecule has 7 nitrogen and oxygen atoms in total. The lowest BCUT2D eigenvalue weighted by Gasteiger charge is -2.28. The van der Waals surface area contributed by atoms with Crippen LogP contribution in [0.3, 0.4) is 0 Å². The van der Waals surface area contributed by atoms with Gasteiger partial charge in [-0.15, -0.1) is 0 Å². The van der Waals surface area contributed by atoms with Crippen molar-refractivity contribution in [2.75, 3.05) is 0 Å². The molecule has 3 rings (SSSR count). The number of aromatic nitrogens is 1. The van der Waals surface area contributed by atoms with Gasteiger partial charge in [-0.2, -0.15) is 0 Å². The van der Waals surface area contributed by atoms with E-state index in [1.54, 1.807) is 32.9 Å². The number of aldehydes is 1. The normalized spacial score (nSPS) is 15.6. The van der Waals surface area contributed by atoms with E-state index in [1.807, 2.05) is 6.07 Å². The van der Waals surface area contributed by atoms with Crippen molar-refractivity contribution in [3.63, 3.8) is 0 Å². The van der Waals surface area contributed by atoms with Crippen LogP contribution in [0, 0.1) is 0 Å². The summed E-state index contributed by atoms with van der Waals surface area (Å²) >= 11 is 5.98. The van der Waals surface area contributed by atoms with Gasteiger partial charge in [0.05, 0.1) is 33.8 Å². The summed E-state index contributed by atoms with van der Waals surface area (Å²) in [5.41, 5.74) is 9.00. The zero-order chi connectivity index (χ0) is 22.9. The number of carboxylic acids is 1. The molecule has 2 heterocycles. The van der Waals surface area contributed by atoms with Crippen LogP contribution in [0.25, 0.3) is 0 Å². The van der Waals surface area contributed by atoms with E-state index in [0.29, 0.717) is 33.9 Å². The van der Waals surface area contributed by atoms with Gasteiger partial charge >= 0.3 is 5.97 Å². The summed E-state index contributed by atoms with van der Waals surface area (Å²) in [5, 5.41) is 9.90. The van der Waals surface area contributed by atoms with Crippen molar-refractivity contribution in [1.82, 2.24) is 4.98 Å². The number of pyridine rings is 1. The van der Waals surface area contributed by atoms with Gasteiger partial charge in [0.1, 0.15) is 12.1 Å². The van der Waals surface area contributed by atoms with Crippen LogP contribution in [0.5, 0.6) is 0 Å². The fourth-order valence-electron chi connectivity index (χ4n) is 3.51. The van der Waals surface area contributed by atoms with E-state index in [4.69, 9.17) is 17.3 Å². The fraction of sp³-hybridized carbons (Fsp3) is 0.174. The molecule has 0 radical (unpaired) electrons. The van der Waals surface area contributed by atoms with Crippen LogP contribution in [0.1, 0.15) is 42.4 Å². The molecule has 158 valence electrons. The summed E-state index contributed by atoms with van der Waals surface area (Å²) in [4.78, 5) is 36.7. The molecule has 1 aliphatic heterocycles. The Kier molecular flexibility index (Phi) is 5.90. The van der Waals surface area contributed by atoms with E-state index in [1.165, 1.54) is 18.3 Å². The van der Waals surface area contributed by atoms with Crippen molar-refractivity contribution >= 4 is 41.0 Å². The molecule has 2 aromatic rings. The number of rotatable bonds is 7. The molecule has 0 aliphatic carbocycles. The number of nitrogens with zero attached hydrogens (tertiary/aromatic N) is 3. The first-order chi connectivity index (χ1) is 14.6. The van der Waals surface area contributed by atoms with Gasteiger partial charge in [0.25, 0.3) is 0 Å². The molecule has 0 amide bonds. The first-order valence-corrected chi connectivity index (χ1v) is 9.72. The zero-order valence-electron chi connectivity index (χ0n) is 17.3. The maximum Gasteiger partial charge on any atom is 0.335 e. The molecule has 0 saturated heterocycles. The maximum absolute atomic E-state index is 12.2. The number of aromatic carboxylic acids is 1. The van der Waals surface area contributed by atoms with Crippen LogP contribution in [-0.4, -0.2) is 33.8 Å².